The molecule has 102 valence electrons. The van der Waals surface area contributed by atoms with E-state index in [1.807, 2.05) is 31.5 Å². The molecule has 0 bridgehead atoms. The van der Waals surface area contributed by atoms with Gasteiger partial charge in [0.25, 0.3) is 0 Å². The number of imidazole rings is 1. The minimum atomic E-state index is -0.265. The fourth-order valence-corrected chi connectivity index (χ4v) is 1.40. The molecule has 0 aliphatic carbocycles. The molecule has 0 saturated heterocycles. The van der Waals surface area contributed by atoms with Gasteiger partial charge in [0.05, 0.1) is 11.9 Å². The summed E-state index contributed by atoms with van der Waals surface area (Å²) in [7, 11) is 0. The van der Waals surface area contributed by atoms with Crippen LogP contribution in [0.4, 0.5) is 0 Å². The zero-order chi connectivity index (χ0) is 13.4. The van der Waals surface area contributed by atoms with Crippen LogP contribution in [0.15, 0.2) is 18.7 Å². The molecular weight excluding hydrogens is 230 g/mol. The molecule has 1 rings (SSSR count). The van der Waals surface area contributed by atoms with E-state index in [0.29, 0.717) is 6.54 Å². The Morgan fingerprint density at radius 2 is 2.17 bits per heavy atom. The van der Waals surface area contributed by atoms with Gasteiger partial charge in [-0.25, -0.2) is 4.98 Å². The van der Waals surface area contributed by atoms with Gasteiger partial charge in [-0.05, 0) is 33.6 Å². The van der Waals surface area contributed by atoms with Gasteiger partial charge in [0.2, 0.25) is 5.91 Å². The maximum absolute atomic E-state index is 11.4. The standard InChI is InChI=1S/C13H23N3O2/c1-13(2,3)18-10-12(17)15-6-4-5-8-16-9-7-14-11-16/h7,9,11H,4-6,8,10H2,1-3H3,(H,15,17). The summed E-state index contributed by atoms with van der Waals surface area (Å²) in [6.45, 7) is 7.57. The monoisotopic (exact) mass is 253 g/mol. The summed E-state index contributed by atoms with van der Waals surface area (Å²) in [6.07, 6.45) is 7.49. The third-order valence-corrected chi connectivity index (χ3v) is 2.36. The third kappa shape index (κ3) is 7.06. The smallest absolute Gasteiger partial charge is 0.246 e. The van der Waals surface area contributed by atoms with Gasteiger partial charge in [-0.1, -0.05) is 0 Å². The van der Waals surface area contributed by atoms with Crippen molar-refractivity contribution in [2.75, 3.05) is 13.2 Å². The largest absolute Gasteiger partial charge is 0.366 e. The predicted octanol–water partition coefficient (Wildman–Crippen LogP) is 1.59. The van der Waals surface area contributed by atoms with Crippen LogP contribution >= 0.6 is 0 Å². The number of aryl methyl sites for hydroxylation is 1. The highest BCUT2D eigenvalue weighted by molar-refractivity contribution is 5.77. The number of nitrogens with one attached hydrogen (secondary N) is 1. The molecule has 0 aliphatic rings. The van der Waals surface area contributed by atoms with Crippen LogP contribution in [0.25, 0.3) is 0 Å². The van der Waals surface area contributed by atoms with Crippen LogP contribution in [0.1, 0.15) is 33.6 Å². The Kier molecular flexibility index (Phi) is 5.85. The molecular formula is C13H23N3O2. The lowest BCUT2D eigenvalue weighted by atomic mass is 10.2. The average Bonchev–Trinajstić information content (AvgIpc) is 2.78. The molecule has 0 atom stereocenters. The number of hydrogen-bond donors (Lipinski definition) is 1. The van der Waals surface area contributed by atoms with Crippen LogP contribution in [0.3, 0.4) is 0 Å². The van der Waals surface area contributed by atoms with E-state index >= 15 is 0 Å². The summed E-state index contributed by atoms with van der Waals surface area (Å²) in [5.74, 6) is -0.0486. The van der Waals surface area contributed by atoms with Crippen LogP contribution < -0.4 is 5.32 Å². The Morgan fingerprint density at radius 1 is 1.39 bits per heavy atom. The van der Waals surface area contributed by atoms with E-state index in [4.69, 9.17) is 4.74 Å². The van der Waals surface area contributed by atoms with Gasteiger partial charge < -0.3 is 14.6 Å². The Balaban J connectivity index is 1.99. The molecule has 5 nitrogen and oxygen atoms in total. The number of rotatable bonds is 7. The number of carbonyl (C=O) groups is 1. The van der Waals surface area contributed by atoms with Crippen LogP contribution in [0, 0.1) is 0 Å². The zero-order valence-electron chi connectivity index (χ0n) is 11.5. The molecule has 1 amide bonds. The molecule has 0 aliphatic heterocycles. The number of nitrogens with zero attached hydrogens (tertiary/aromatic N) is 2. The summed E-state index contributed by atoms with van der Waals surface area (Å²) in [5, 5.41) is 2.85. The van der Waals surface area contributed by atoms with Crippen LogP contribution in [-0.2, 0) is 16.1 Å². The fourth-order valence-electron chi connectivity index (χ4n) is 1.40. The van der Waals surface area contributed by atoms with E-state index < -0.39 is 0 Å². The minimum Gasteiger partial charge on any atom is -0.366 e. The van der Waals surface area contributed by atoms with Gasteiger partial charge in [-0.2, -0.15) is 0 Å². The lowest BCUT2D eigenvalue weighted by Gasteiger charge is -2.18. The second-order valence-corrected chi connectivity index (χ2v) is 5.26. The van der Waals surface area contributed by atoms with Gasteiger partial charge in [0.1, 0.15) is 6.61 Å². The molecule has 1 N–H and O–H groups in total. The Hall–Kier alpha value is -1.36. The van der Waals surface area contributed by atoms with E-state index in [9.17, 15) is 4.79 Å². The quantitative estimate of drug-likeness (QED) is 0.751. The Bertz CT molecular complexity index is 342. The highest BCUT2D eigenvalue weighted by Gasteiger charge is 2.12. The summed E-state index contributed by atoms with van der Waals surface area (Å²) >= 11 is 0. The second kappa shape index (κ2) is 7.16. The van der Waals surface area contributed by atoms with E-state index in [-0.39, 0.29) is 18.1 Å². The molecule has 1 heterocycles. The highest BCUT2D eigenvalue weighted by Crippen LogP contribution is 2.05. The van der Waals surface area contributed by atoms with E-state index in [0.717, 1.165) is 19.4 Å². The molecule has 1 aromatic rings. The lowest BCUT2D eigenvalue weighted by Crippen LogP contribution is -2.32. The van der Waals surface area contributed by atoms with Crippen molar-refractivity contribution in [2.45, 2.75) is 45.8 Å². The number of unbranched alkanes of at least 4 members (excludes halogenated alkanes) is 1. The van der Waals surface area contributed by atoms with Crippen molar-refractivity contribution in [3.63, 3.8) is 0 Å². The molecule has 0 aromatic carbocycles. The van der Waals surface area contributed by atoms with Crippen LogP contribution in [0.5, 0.6) is 0 Å². The second-order valence-electron chi connectivity index (χ2n) is 5.26. The van der Waals surface area contributed by atoms with Crippen molar-refractivity contribution in [3.05, 3.63) is 18.7 Å². The van der Waals surface area contributed by atoms with Crippen molar-refractivity contribution in [1.29, 1.82) is 0 Å². The SMILES string of the molecule is CC(C)(C)OCC(=O)NCCCCn1ccnc1. The topological polar surface area (TPSA) is 56.1 Å². The summed E-state index contributed by atoms with van der Waals surface area (Å²) in [6, 6.07) is 0. The number of ether oxygens (including phenoxy) is 1. The van der Waals surface area contributed by atoms with Gasteiger partial charge in [-0.15, -0.1) is 0 Å². The summed E-state index contributed by atoms with van der Waals surface area (Å²) in [5.41, 5.74) is -0.265. The normalized spacial score (nSPS) is 11.5. The maximum atomic E-state index is 11.4. The Morgan fingerprint density at radius 3 is 2.78 bits per heavy atom. The number of aromatic nitrogens is 2. The van der Waals surface area contributed by atoms with E-state index in [1.165, 1.54) is 0 Å². The van der Waals surface area contributed by atoms with Crippen LogP contribution in [0.2, 0.25) is 0 Å². The number of amides is 1. The van der Waals surface area contributed by atoms with Crippen molar-refractivity contribution >= 4 is 5.91 Å². The molecule has 0 spiro atoms. The van der Waals surface area contributed by atoms with Gasteiger partial charge >= 0.3 is 0 Å². The number of carbonyl (C=O) groups excluding carboxylic acids is 1. The first-order valence-corrected chi connectivity index (χ1v) is 6.34. The van der Waals surface area contributed by atoms with Crippen LogP contribution in [-0.4, -0.2) is 34.2 Å². The van der Waals surface area contributed by atoms with Gasteiger partial charge in [0, 0.05) is 25.5 Å². The fraction of sp³-hybridized carbons (Fsp3) is 0.692. The van der Waals surface area contributed by atoms with E-state index in [2.05, 4.69) is 10.3 Å². The van der Waals surface area contributed by atoms with Crippen molar-refractivity contribution in [1.82, 2.24) is 14.9 Å². The first kappa shape index (κ1) is 14.7. The molecule has 0 fully saturated rings. The van der Waals surface area contributed by atoms with Gasteiger partial charge in [-0.3, -0.25) is 4.79 Å². The first-order chi connectivity index (χ1) is 8.47. The highest BCUT2D eigenvalue weighted by atomic mass is 16.5. The third-order valence-electron chi connectivity index (χ3n) is 2.36. The molecule has 5 heteroatoms. The minimum absolute atomic E-state index is 0.0486. The Labute approximate surface area is 109 Å². The summed E-state index contributed by atoms with van der Waals surface area (Å²) in [4.78, 5) is 15.4. The predicted molar refractivity (Wildman–Crippen MR) is 70.2 cm³/mol. The molecule has 0 saturated carbocycles. The van der Waals surface area contributed by atoms with Crippen molar-refractivity contribution < 1.29 is 9.53 Å². The number of hydrogen-bond acceptors (Lipinski definition) is 3. The van der Waals surface area contributed by atoms with Gasteiger partial charge in [0.15, 0.2) is 0 Å². The molecule has 1 aromatic heterocycles. The van der Waals surface area contributed by atoms with Crippen molar-refractivity contribution in [2.24, 2.45) is 0 Å². The zero-order valence-corrected chi connectivity index (χ0v) is 11.5. The molecule has 0 unspecified atom stereocenters. The van der Waals surface area contributed by atoms with Crippen molar-refractivity contribution in [3.8, 4) is 0 Å². The molecule has 0 radical (unpaired) electrons. The lowest BCUT2D eigenvalue weighted by molar-refractivity contribution is -0.130. The van der Waals surface area contributed by atoms with E-state index in [1.54, 1.807) is 12.5 Å². The average molecular weight is 253 g/mol. The summed E-state index contributed by atoms with van der Waals surface area (Å²) < 4.78 is 7.41. The first-order valence-electron chi connectivity index (χ1n) is 6.34. The maximum Gasteiger partial charge on any atom is 0.246 e. The molecule has 18 heavy (non-hydrogen) atoms.